The first-order valence-corrected chi connectivity index (χ1v) is 19.2. The van der Waals surface area contributed by atoms with Crippen molar-refractivity contribution in [1.82, 2.24) is 15.0 Å². The van der Waals surface area contributed by atoms with Gasteiger partial charge in [0.1, 0.15) is 11.2 Å². The van der Waals surface area contributed by atoms with Crippen LogP contribution in [0.25, 0.3) is 111 Å². The number of nitrogens with zero attached hydrogens (tertiary/aromatic N) is 3. The molecule has 0 aliphatic carbocycles. The first kappa shape index (κ1) is 32.7. The molecule has 4 heteroatoms. The molecule has 0 unspecified atom stereocenters. The number of fused-ring (bicyclic) bond motifs is 5. The molecule has 0 bridgehead atoms. The number of rotatable bonds is 6. The lowest BCUT2D eigenvalue weighted by molar-refractivity contribution is 0.669. The Balaban J connectivity index is 1.09. The zero-order valence-electron chi connectivity index (χ0n) is 30.8. The highest BCUT2D eigenvalue weighted by Gasteiger charge is 2.20. The lowest BCUT2D eigenvalue weighted by Gasteiger charge is -2.18. The minimum Gasteiger partial charge on any atom is -0.455 e. The fourth-order valence-corrected chi connectivity index (χ4v) is 8.29. The number of aromatic nitrogens is 3. The smallest absolute Gasteiger partial charge is 0.167 e. The second-order valence-corrected chi connectivity index (χ2v) is 14.3. The van der Waals surface area contributed by atoms with Gasteiger partial charge >= 0.3 is 0 Å². The van der Waals surface area contributed by atoms with Crippen LogP contribution >= 0.6 is 0 Å². The topological polar surface area (TPSA) is 51.8 Å². The van der Waals surface area contributed by atoms with Crippen LogP contribution < -0.4 is 0 Å². The molecule has 11 rings (SSSR count). The van der Waals surface area contributed by atoms with E-state index in [2.05, 4.69) is 164 Å². The van der Waals surface area contributed by atoms with E-state index in [0.717, 1.165) is 55.3 Å². The summed E-state index contributed by atoms with van der Waals surface area (Å²) >= 11 is 0. The van der Waals surface area contributed by atoms with Crippen LogP contribution in [0.2, 0.25) is 0 Å². The highest BCUT2D eigenvalue weighted by atomic mass is 16.3. The van der Waals surface area contributed by atoms with Gasteiger partial charge in [-0.3, -0.25) is 0 Å². The molecule has 11 aromatic rings. The van der Waals surface area contributed by atoms with Crippen LogP contribution in [-0.2, 0) is 0 Å². The second kappa shape index (κ2) is 13.6. The lowest BCUT2D eigenvalue weighted by Crippen LogP contribution is -2.00. The largest absolute Gasteiger partial charge is 0.455 e. The third-order valence-corrected chi connectivity index (χ3v) is 10.9. The molecule has 2 aromatic heterocycles. The Morgan fingerprint density at radius 1 is 0.281 bits per heavy atom. The van der Waals surface area contributed by atoms with Crippen molar-refractivity contribution in [2.45, 2.75) is 0 Å². The van der Waals surface area contributed by atoms with Gasteiger partial charge in [0.25, 0.3) is 0 Å². The number of hydrogen-bond acceptors (Lipinski definition) is 4. The van der Waals surface area contributed by atoms with Crippen molar-refractivity contribution < 1.29 is 4.42 Å². The van der Waals surface area contributed by atoms with Crippen LogP contribution in [0.3, 0.4) is 0 Å². The summed E-state index contributed by atoms with van der Waals surface area (Å²) in [6.45, 7) is 0. The van der Waals surface area contributed by atoms with Gasteiger partial charge in [-0.1, -0.05) is 182 Å². The summed E-state index contributed by atoms with van der Waals surface area (Å²) in [6.07, 6.45) is 0. The van der Waals surface area contributed by atoms with E-state index in [0.29, 0.717) is 17.5 Å². The second-order valence-electron chi connectivity index (χ2n) is 14.3. The van der Waals surface area contributed by atoms with E-state index < -0.39 is 0 Å². The molecule has 9 aromatic carbocycles. The molecule has 0 aliphatic heterocycles. The molecule has 4 nitrogen and oxygen atoms in total. The van der Waals surface area contributed by atoms with Crippen molar-refractivity contribution >= 4 is 43.5 Å². The van der Waals surface area contributed by atoms with Crippen molar-refractivity contribution in [3.05, 3.63) is 200 Å². The molecule has 0 aliphatic rings. The first-order valence-electron chi connectivity index (χ1n) is 19.2. The van der Waals surface area contributed by atoms with Crippen LogP contribution in [0.1, 0.15) is 0 Å². The molecule has 0 saturated carbocycles. The SMILES string of the molecule is c1ccc(-c2cccc(-c3nc(-c4ccc(-c5c6ccccc6c(-c6ccccc6)c6ccccc56)cc4)nc(-c4cccc5c4oc4ccccc45)n3)c2)cc1. The third-order valence-electron chi connectivity index (χ3n) is 10.9. The predicted molar refractivity (Wildman–Crippen MR) is 235 cm³/mol. The van der Waals surface area contributed by atoms with Crippen molar-refractivity contribution in [3.63, 3.8) is 0 Å². The third kappa shape index (κ3) is 5.66. The van der Waals surface area contributed by atoms with E-state index in [4.69, 9.17) is 19.4 Å². The van der Waals surface area contributed by atoms with Gasteiger partial charge in [0.05, 0.1) is 5.56 Å². The summed E-state index contributed by atoms with van der Waals surface area (Å²) in [6, 6.07) is 69.9. The van der Waals surface area contributed by atoms with E-state index in [1.165, 1.54) is 38.2 Å². The Kier molecular flexibility index (Phi) is 7.78. The maximum absolute atomic E-state index is 6.48. The summed E-state index contributed by atoms with van der Waals surface area (Å²) in [5, 5.41) is 6.97. The average Bonchev–Trinajstić information content (AvgIpc) is 3.68. The van der Waals surface area contributed by atoms with Crippen LogP contribution in [0.4, 0.5) is 0 Å². The van der Waals surface area contributed by atoms with Gasteiger partial charge in [-0.05, 0) is 73.1 Å². The van der Waals surface area contributed by atoms with Gasteiger partial charge in [0, 0.05) is 21.9 Å². The standard InChI is InChI=1S/C53H33N3O/c1-3-15-34(16-4-1)38-19-13-20-39(33-38)52-54-51(55-53(56-52)46-27-14-26-45-40-21-11-12-28-47(40)57-50(45)46)37-31-29-36(30-32-37)49-43-24-9-7-22-41(43)48(35-17-5-2-6-18-35)42-23-8-10-25-44(42)49/h1-33H. The summed E-state index contributed by atoms with van der Waals surface area (Å²) < 4.78 is 6.48. The van der Waals surface area contributed by atoms with Gasteiger partial charge in [-0.25, -0.2) is 15.0 Å². The molecule has 0 spiro atoms. The van der Waals surface area contributed by atoms with Crippen LogP contribution in [0, 0.1) is 0 Å². The Hall–Kier alpha value is -7.69. The lowest BCUT2D eigenvalue weighted by atomic mass is 9.86. The number of benzene rings is 9. The number of hydrogen-bond donors (Lipinski definition) is 0. The van der Waals surface area contributed by atoms with Gasteiger partial charge in [-0.15, -0.1) is 0 Å². The molecule has 0 atom stereocenters. The van der Waals surface area contributed by atoms with Gasteiger partial charge in [0.2, 0.25) is 0 Å². The van der Waals surface area contributed by atoms with Crippen molar-refractivity contribution in [2.75, 3.05) is 0 Å². The summed E-state index contributed by atoms with van der Waals surface area (Å²) in [5.41, 5.74) is 11.2. The molecule has 2 heterocycles. The van der Waals surface area contributed by atoms with E-state index in [1.807, 2.05) is 36.4 Å². The zero-order chi connectivity index (χ0) is 37.7. The molecule has 0 saturated heterocycles. The molecular formula is C53H33N3O. The Bertz CT molecular complexity index is 3220. The maximum atomic E-state index is 6.48. The monoisotopic (exact) mass is 727 g/mol. The molecular weight excluding hydrogens is 695 g/mol. The summed E-state index contributed by atoms with van der Waals surface area (Å²) in [7, 11) is 0. The maximum Gasteiger partial charge on any atom is 0.167 e. The molecule has 0 fully saturated rings. The van der Waals surface area contributed by atoms with E-state index >= 15 is 0 Å². The van der Waals surface area contributed by atoms with Crippen LogP contribution in [-0.4, -0.2) is 15.0 Å². The van der Waals surface area contributed by atoms with Crippen LogP contribution in [0.5, 0.6) is 0 Å². The van der Waals surface area contributed by atoms with Crippen LogP contribution in [0.15, 0.2) is 205 Å². The Morgan fingerprint density at radius 2 is 0.719 bits per heavy atom. The van der Waals surface area contributed by atoms with E-state index in [1.54, 1.807) is 0 Å². The molecule has 266 valence electrons. The highest BCUT2D eigenvalue weighted by molar-refractivity contribution is 6.21. The van der Waals surface area contributed by atoms with E-state index in [-0.39, 0.29) is 0 Å². The highest BCUT2D eigenvalue weighted by Crippen LogP contribution is 2.44. The quantitative estimate of drug-likeness (QED) is 0.160. The van der Waals surface area contributed by atoms with Crippen molar-refractivity contribution in [3.8, 4) is 67.5 Å². The number of para-hydroxylation sites is 2. The summed E-state index contributed by atoms with van der Waals surface area (Å²) in [4.78, 5) is 15.5. The van der Waals surface area contributed by atoms with Gasteiger partial charge < -0.3 is 4.42 Å². The minimum atomic E-state index is 0.558. The Morgan fingerprint density at radius 3 is 1.37 bits per heavy atom. The normalized spacial score (nSPS) is 11.5. The summed E-state index contributed by atoms with van der Waals surface area (Å²) in [5.74, 6) is 1.75. The average molecular weight is 728 g/mol. The molecule has 0 amide bonds. The predicted octanol–water partition coefficient (Wildman–Crippen LogP) is 14.1. The van der Waals surface area contributed by atoms with Crippen molar-refractivity contribution in [2.24, 2.45) is 0 Å². The molecule has 57 heavy (non-hydrogen) atoms. The van der Waals surface area contributed by atoms with E-state index in [9.17, 15) is 0 Å². The Labute approximate surface area is 329 Å². The van der Waals surface area contributed by atoms with Gasteiger partial charge in [0.15, 0.2) is 17.5 Å². The van der Waals surface area contributed by atoms with Crippen molar-refractivity contribution in [1.29, 1.82) is 0 Å². The fraction of sp³-hybridized carbons (Fsp3) is 0. The minimum absolute atomic E-state index is 0.558. The number of furan rings is 1. The fourth-order valence-electron chi connectivity index (χ4n) is 8.29. The molecule has 0 N–H and O–H groups in total. The first-order chi connectivity index (χ1) is 28.3. The molecule has 0 radical (unpaired) electrons. The van der Waals surface area contributed by atoms with Gasteiger partial charge in [-0.2, -0.15) is 0 Å². The zero-order valence-corrected chi connectivity index (χ0v) is 30.8.